The van der Waals surface area contributed by atoms with Crippen LogP contribution in [-0.2, 0) is 10.0 Å². The van der Waals surface area contributed by atoms with E-state index in [1.807, 2.05) is 24.3 Å². The van der Waals surface area contributed by atoms with E-state index >= 15 is 0 Å². The van der Waals surface area contributed by atoms with E-state index in [9.17, 15) is 12.8 Å². The Bertz CT molecular complexity index is 890. The summed E-state index contributed by atoms with van der Waals surface area (Å²) < 4.78 is 51.2. The van der Waals surface area contributed by atoms with Gasteiger partial charge in [-0.2, -0.15) is 0 Å². The molecule has 0 aliphatic carbocycles. The van der Waals surface area contributed by atoms with Crippen molar-refractivity contribution in [1.82, 2.24) is 9.62 Å². The maximum absolute atomic E-state index is 12.9. The van der Waals surface area contributed by atoms with Crippen LogP contribution in [0.2, 0.25) is 0 Å². The van der Waals surface area contributed by atoms with Gasteiger partial charge in [0.15, 0.2) is 11.5 Å². The SMILES string of the molecule is COc1ccccc1OC1CCN(CCCCNS(=O)(=O)c2ccc(F)cc2)C1. The van der Waals surface area contributed by atoms with Crippen molar-refractivity contribution in [2.24, 2.45) is 0 Å². The standard InChI is InChI=1S/C21H27FN2O4S/c1-27-20-6-2-3-7-21(20)28-18-12-15-24(16-18)14-5-4-13-23-29(25,26)19-10-8-17(22)9-11-19/h2-3,6-11,18,23H,4-5,12-16H2,1H3. The predicted molar refractivity (Wildman–Crippen MR) is 109 cm³/mol. The molecule has 0 aromatic heterocycles. The maximum Gasteiger partial charge on any atom is 0.240 e. The van der Waals surface area contributed by atoms with E-state index in [4.69, 9.17) is 9.47 Å². The molecule has 1 heterocycles. The van der Waals surface area contributed by atoms with Crippen LogP contribution in [0, 0.1) is 5.82 Å². The minimum Gasteiger partial charge on any atom is -0.493 e. The summed E-state index contributed by atoms with van der Waals surface area (Å²) in [4.78, 5) is 2.41. The van der Waals surface area contributed by atoms with Gasteiger partial charge in [-0.3, -0.25) is 4.90 Å². The summed E-state index contributed by atoms with van der Waals surface area (Å²) in [5.41, 5.74) is 0. The van der Waals surface area contributed by atoms with Gasteiger partial charge < -0.3 is 9.47 Å². The number of sulfonamides is 1. The molecule has 1 aliphatic rings. The first-order chi connectivity index (χ1) is 14.0. The summed E-state index contributed by atoms with van der Waals surface area (Å²) in [5.74, 6) is 1.04. The molecule has 1 saturated heterocycles. The van der Waals surface area contributed by atoms with E-state index in [0.29, 0.717) is 6.54 Å². The van der Waals surface area contributed by atoms with E-state index in [2.05, 4.69) is 9.62 Å². The van der Waals surface area contributed by atoms with Crippen molar-refractivity contribution in [2.75, 3.05) is 33.3 Å². The van der Waals surface area contributed by atoms with Crippen molar-refractivity contribution in [2.45, 2.75) is 30.3 Å². The fraction of sp³-hybridized carbons (Fsp3) is 0.429. The molecule has 2 aromatic carbocycles. The number of methoxy groups -OCH3 is 1. The molecule has 0 amide bonds. The van der Waals surface area contributed by atoms with Crippen LogP contribution in [0.1, 0.15) is 19.3 Å². The highest BCUT2D eigenvalue weighted by Gasteiger charge is 2.24. The second kappa shape index (κ2) is 10.0. The summed E-state index contributed by atoms with van der Waals surface area (Å²) in [5, 5.41) is 0. The van der Waals surface area contributed by atoms with E-state index in [-0.39, 0.29) is 11.0 Å². The Hall–Kier alpha value is -2.16. The molecule has 1 aliphatic heterocycles. The van der Waals surface area contributed by atoms with Gasteiger partial charge in [-0.1, -0.05) is 12.1 Å². The topological polar surface area (TPSA) is 67.9 Å². The third-order valence-corrected chi connectivity index (χ3v) is 6.39. The average molecular weight is 423 g/mol. The van der Waals surface area contributed by atoms with Crippen molar-refractivity contribution < 1.29 is 22.3 Å². The Morgan fingerprint density at radius 1 is 1.10 bits per heavy atom. The van der Waals surface area contributed by atoms with Crippen LogP contribution < -0.4 is 14.2 Å². The molecule has 3 rings (SSSR count). The highest BCUT2D eigenvalue weighted by Crippen LogP contribution is 2.28. The van der Waals surface area contributed by atoms with Gasteiger partial charge in [0.25, 0.3) is 0 Å². The van der Waals surface area contributed by atoms with Gasteiger partial charge in [-0.25, -0.2) is 17.5 Å². The monoisotopic (exact) mass is 422 g/mol. The van der Waals surface area contributed by atoms with Gasteiger partial charge in [0.1, 0.15) is 11.9 Å². The number of para-hydroxylation sites is 2. The highest BCUT2D eigenvalue weighted by molar-refractivity contribution is 7.89. The van der Waals surface area contributed by atoms with Crippen LogP contribution in [0.3, 0.4) is 0 Å². The normalized spacial score (nSPS) is 17.4. The molecule has 0 bridgehead atoms. The number of hydrogen-bond acceptors (Lipinski definition) is 5. The number of rotatable bonds is 10. The van der Waals surface area contributed by atoms with E-state index in [1.54, 1.807) is 7.11 Å². The summed E-state index contributed by atoms with van der Waals surface area (Å²) in [7, 11) is -1.96. The second-order valence-corrected chi connectivity index (χ2v) is 8.81. The smallest absolute Gasteiger partial charge is 0.240 e. The average Bonchev–Trinajstić information content (AvgIpc) is 3.15. The minimum atomic E-state index is -3.59. The number of halogens is 1. The molecule has 0 radical (unpaired) electrons. The Balaban J connectivity index is 1.36. The molecule has 0 saturated carbocycles. The molecule has 1 unspecified atom stereocenters. The fourth-order valence-corrected chi connectivity index (χ4v) is 4.43. The second-order valence-electron chi connectivity index (χ2n) is 7.04. The molecule has 29 heavy (non-hydrogen) atoms. The lowest BCUT2D eigenvalue weighted by atomic mass is 10.3. The minimum absolute atomic E-state index is 0.0785. The van der Waals surface area contributed by atoms with Crippen molar-refractivity contribution >= 4 is 10.0 Å². The Kier molecular flexibility index (Phi) is 7.46. The van der Waals surface area contributed by atoms with Crippen LogP contribution in [0.25, 0.3) is 0 Å². The van der Waals surface area contributed by atoms with Crippen LogP contribution in [0.4, 0.5) is 4.39 Å². The summed E-state index contributed by atoms with van der Waals surface area (Å²) in [6, 6.07) is 12.5. The summed E-state index contributed by atoms with van der Waals surface area (Å²) in [6.45, 7) is 3.05. The number of likely N-dealkylation sites (tertiary alicyclic amines) is 1. The van der Waals surface area contributed by atoms with Crippen molar-refractivity contribution in [3.8, 4) is 11.5 Å². The molecule has 1 fully saturated rings. The van der Waals surface area contributed by atoms with Crippen LogP contribution in [-0.4, -0.2) is 52.7 Å². The lowest BCUT2D eigenvalue weighted by Gasteiger charge is -2.18. The number of hydrogen-bond donors (Lipinski definition) is 1. The number of benzene rings is 2. The van der Waals surface area contributed by atoms with Gasteiger partial charge in [-0.15, -0.1) is 0 Å². The van der Waals surface area contributed by atoms with Gasteiger partial charge >= 0.3 is 0 Å². The lowest BCUT2D eigenvalue weighted by Crippen LogP contribution is -2.28. The van der Waals surface area contributed by atoms with E-state index < -0.39 is 15.8 Å². The zero-order chi connectivity index (χ0) is 20.7. The highest BCUT2D eigenvalue weighted by atomic mass is 32.2. The van der Waals surface area contributed by atoms with Gasteiger partial charge in [0.05, 0.1) is 12.0 Å². The Morgan fingerprint density at radius 2 is 1.83 bits per heavy atom. The first-order valence-electron chi connectivity index (χ1n) is 9.75. The molecule has 1 atom stereocenters. The van der Waals surface area contributed by atoms with Crippen LogP contribution in [0.5, 0.6) is 11.5 Å². The van der Waals surface area contributed by atoms with Crippen molar-refractivity contribution in [3.05, 3.63) is 54.3 Å². The number of nitrogens with one attached hydrogen (secondary N) is 1. The van der Waals surface area contributed by atoms with Gasteiger partial charge in [0, 0.05) is 19.6 Å². The number of nitrogens with zero attached hydrogens (tertiary/aromatic N) is 1. The number of unbranched alkanes of at least 4 members (excludes halogenated alkanes) is 1. The van der Waals surface area contributed by atoms with Gasteiger partial charge in [0.2, 0.25) is 10.0 Å². The Morgan fingerprint density at radius 3 is 2.55 bits per heavy atom. The molecule has 158 valence electrons. The predicted octanol–water partition coefficient (Wildman–Crippen LogP) is 3.05. The molecule has 1 N–H and O–H groups in total. The summed E-state index contributed by atoms with van der Waals surface area (Å²) >= 11 is 0. The fourth-order valence-electron chi connectivity index (χ4n) is 3.36. The quantitative estimate of drug-likeness (QED) is 0.596. The molecule has 8 heteroatoms. The van der Waals surface area contributed by atoms with Crippen LogP contribution >= 0.6 is 0 Å². The first-order valence-corrected chi connectivity index (χ1v) is 11.2. The Labute approximate surface area is 171 Å². The van der Waals surface area contributed by atoms with Gasteiger partial charge in [-0.05, 0) is 62.2 Å². The zero-order valence-electron chi connectivity index (χ0n) is 16.5. The zero-order valence-corrected chi connectivity index (χ0v) is 17.3. The van der Waals surface area contributed by atoms with Crippen molar-refractivity contribution in [3.63, 3.8) is 0 Å². The third-order valence-electron chi connectivity index (χ3n) is 4.91. The van der Waals surface area contributed by atoms with E-state index in [0.717, 1.165) is 62.5 Å². The maximum atomic E-state index is 12.9. The first kappa shape index (κ1) is 21.5. The summed E-state index contributed by atoms with van der Waals surface area (Å²) in [6.07, 6.45) is 2.70. The molecular formula is C21H27FN2O4S. The molecular weight excluding hydrogens is 395 g/mol. The molecule has 2 aromatic rings. The van der Waals surface area contributed by atoms with Crippen LogP contribution in [0.15, 0.2) is 53.4 Å². The van der Waals surface area contributed by atoms with E-state index in [1.165, 1.54) is 12.1 Å². The van der Waals surface area contributed by atoms with Crippen molar-refractivity contribution in [1.29, 1.82) is 0 Å². The number of ether oxygens (including phenoxy) is 2. The third kappa shape index (κ3) is 6.16. The molecule has 6 nitrogen and oxygen atoms in total. The molecule has 0 spiro atoms. The lowest BCUT2D eigenvalue weighted by molar-refractivity contribution is 0.192. The largest absolute Gasteiger partial charge is 0.493 e.